The maximum atomic E-state index is 13.3. The zero-order valence-corrected chi connectivity index (χ0v) is 7.93. The number of ether oxygens (including phenoxy) is 1. The topological polar surface area (TPSA) is 38.3 Å². The molecule has 3 nitrogen and oxygen atoms in total. The predicted octanol–water partition coefficient (Wildman–Crippen LogP) is 1.94. The summed E-state index contributed by atoms with van der Waals surface area (Å²) in [6.45, 7) is 3.19. The minimum Gasteiger partial charge on any atom is -0.473 e. The highest BCUT2D eigenvalue weighted by atomic mass is 19.1. The molecule has 0 unspecified atom stereocenters. The molecule has 0 spiro atoms. The molecular weight excluding hydrogens is 185 g/mol. The van der Waals surface area contributed by atoms with Crippen LogP contribution in [0, 0.1) is 5.82 Å². The van der Waals surface area contributed by atoms with Crippen LogP contribution in [0.5, 0.6) is 5.75 Å². The van der Waals surface area contributed by atoms with Gasteiger partial charge in [-0.15, -0.1) is 0 Å². The Morgan fingerprint density at radius 2 is 2.14 bits per heavy atom. The van der Waals surface area contributed by atoms with E-state index >= 15 is 0 Å². The fourth-order valence-corrected chi connectivity index (χ4v) is 1.29. The molecule has 0 aliphatic carbocycles. The van der Waals surface area contributed by atoms with Crippen LogP contribution in [0.4, 0.5) is 10.1 Å². The number of carbonyl (C=O) groups is 1. The summed E-state index contributed by atoms with van der Waals surface area (Å²) in [6, 6.07) is 4.42. The fraction of sp³-hybridized carbons (Fsp3) is 0.300. The number of anilines is 1. The third-order valence-electron chi connectivity index (χ3n) is 2.12. The first-order chi connectivity index (χ1) is 6.50. The second kappa shape index (κ2) is 2.70. The number of benzene rings is 1. The number of halogens is 1. The highest BCUT2D eigenvalue weighted by molar-refractivity contribution is 6.00. The van der Waals surface area contributed by atoms with Crippen LogP contribution >= 0.6 is 0 Å². The Labute approximate surface area is 80.9 Å². The van der Waals surface area contributed by atoms with Crippen molar-refractivity contribution in [1.29, 1.82) is 0 Å². The Bertz CT molecular complexity index is 401. The molecule has 1 N–H and O–H groups in total. The van der Waals surface area contributed by atoms with Gasteiger partial charge in [0.2, 0.25) is 0 Å². The zero-order chi connectivity index (χ0) is 10.3. The third kappa shape index (κ3) is 1.23. The van der Waals surface area contributed by atoms with E-state index in [1.54, 1.807) is 19.9 Å². The van der Waals surface area contributed by atoms with Gasteiger partial charge in [0.1, 0.15) is 0 Å². The van der Waals surface area contributed by atoms with Gasteiger partial charge in [-0.3, -0.25) is 4.79 Å². The number of para-hydroxylation sites is 1. The van der Waals surface area contributed by atoms with Crippen LogP contribution in [0.25, 0.3) is 0 Å². The Kier molecular flexibility index (Phi) is 1.74. The minimum absolute atomic E-state index is 0.108. The SMILES string of the molecule is CC1(C)Oc2c(F)cccc2NC1=O. The lowest BCUT2D eigenvalue weighted by molar-refractivity contribution is -0.129. The number of rotatable bonds is 0. The van der Waals surface area contributed by atoms with Gasteiger partial charge < -0.3 is 10.1 Å². The maximum absolute atomic E-state index is 13.3. The van der Waals surface area contributed by atoms with Gasteiger partial charge in [0, 0.05) is 0 Å². The van der Waals surface area contributed by atoms with Crippen molar-refractivity contribution in [1.82, 2.24) is 0 Å². The number of hydrogen-bond acceptors (Lipinski definition) is 2. The molecule has 1 aromatic carbocycles. The number of nitrogens with one attached hydrogen (secondary N) is 1. The summed E-state index contributed by atoms with van der Waals surface area (Å²) in [7, 11) is 0. The number of hydrogen-bond donors (Lipinski definition) is 1. The summed E-state index contributed by atoms with van der Waals surface area (Å²) in [5.74, 6) is -0.622. The molecule has 0 saturated carbocycles. The van der Waals surface area contributed by atoms with Crippen molar-refractivity contribution < 1.29 is 13.9 Å². The molecule has 74 valence electrons. The molecule has 1 aromatic rings. The van der Waals surface area contributed by atoms with Gasteiger partial charge in [0.15, 0.2) is 17.2 Å². The molecule has 1 amide bonds. The quantitative estimate of drug-likeness (QED) is 0.687. The number of fused-ring (bicyclic) bond motifs is 1. The average Bonchev–Trinajstić information content (AvgIpc) is 2.09. The molecule has 1 aliphatic rings. The standard InChI is InChI=1S/C10H10FNO2/c1-10(2)9(13)12-7-5-3-4-6(11)8(7)14-10/h3-5H,1-2H3,(H,12,13). The van der Waals surface area contributed by atoms with Crippen LogP contribution < -0.4 is 10.1 Å². The molecule has 0 aromatic heterocycles. The lowest BCUT2D eigenvalue weighted by Crippen LogP contribution is -2.45. The van der Waals surface area contributed by atoms with Crippen molar-refractivity contribution in [2.75, 3.05) is 5.32 Å². The van der Waals surface area contributed by atoms with Crippen LogP contribution in [-0.4, -0.2) is 11.5 Å². The molecule has 0 bridgehead atoms. The van der Waals surface area contributed by atoms with E-state index in [-0.39, 0.29) is 11.7 Å². The molecule has 0 radical (unpaired) electrons. The summed E-state index contributed by atoms with van der Waals surface area (Å²) in [5.41, 5.74) is -0.635. The smallest absolute Gasteiger partial charge is 0.268 e. The Morgan fingerprint density at radius 1 is 1.43 bits per heavy atom. The Balaban J connectivity index is 2.51. The molecule has 0 fully saturated rings. The van der Waals surface area contributed by atoms with Crippen LogP contribution in [0.3, 0.4) is 0 Å². The largest absolute Gasteiger partial charge is 0.473 e. The van der Waals surface area contributed by atoms with Gasteiger partial charge >= 0.3 is 0 Å². The van der Waals surface area contributed by atoms with E-state index in [0.717, 1.165) is 0 Å². The summed E-state index contributed by atoms with van der Waals surface area (Å²) in [6.07, 6.45) is 0. The minimum atomic E-state index is -1.02. The Hall–Kier alpha value is -1.58. The highest BCUT2D eigenvalue weighted by Gasteiger charge is 2.36. The number of carbonyl (C=O) groups excluding carboxylic acids is 1. The van der Waals surface area contributed by atoms with E-state index in [0.29, 0.717) is 5.69 Å². The molecular formula is C10H10FNO2. The van der Waals surface area contributed by atoms with Gasteiger partial charge in [-0.25, -0.2) is 4.39 Å². The van der Waals surface area contributed by atoms with Gasteiger partial charge in [-0.2, -0.15) is 0 Å². The number of amides is 1. The van der Waals surface area contributed by atoms with E-state index in [4.69, 9.17) is 4.74 Å². The van der Waals surface area contributed by atoms with Gasteiger partial charge in [-0.05, 0) is 26.0 Å². The lowest BCUT2D eigenvalue weighted by Gasteiger charge is -2.31. The van der Waals surface area contributed by atoms with Crippen LogP contribution in [0.2, 0.25) is 0 Å². The van der Waals surface area contributed by atoms with Crippen molar-refractivity contribution in [3.05, 3.63) is 24.0 Å². The van der Waals surface area contributed by atoms with E-state index in [9.17, 15) is 9.18 Å². The van der Waals surface area contributed by atoms with Crippen molar-refractivity contribution in [2.24, 2.45) is 0 Å². The second-order valence-corrected chi connectivity index (χ2v) is 3.68. The monoisotopic (exact) mass is 195 g/mol. The summed E-state index contributed by atoms with van der Waals surface area (Å²) in [4.78, 5) is 11.4. The molecule has 0 atom stereocenters. The summed E-state index contributed by atoms with van der Waals surface area (Å²) < 4.78 is 18.5. The molecule has 1 heterocycles. The fourth-order valence-electron chi connectivity index (χ4n) is 1.29. The van der Waals surface area contributed by atoms with Crippen LogP contribution in [0.1, 0.15) is 13.8 Å². The van der Waals surface area contributed by atoms with E-state index in [2.05, 4.69) is 5.32 Å². The molecule has 2 rings (SSSR count). The van der Waals surface area contributed by atoms with E-state index in [1.807, 2.05) is 0 Å². The Morgan fingerprint density at radius 3 is 2.86 bits per heavy atom. The van der Waals surface area contributed by atoms with Gasteiger partial charge in [0.05, 0.1) is 5.69 Å². The van der Waals surface area contributed by atoms with Crippen LogP contribution in [-0.2, 0) is 4.79 Å². The summed E-state index contributed by atoms with van der Waals surface area (Å²) >= 11 is 0. The molecule has 4 heteroatoms. The van der Waals surface area contributed by atoms with Crippen molar-refractivity contribution in [2.45, 2.75) is 19.4 Å². The van der Waals surface area contributed by atoms with Gasteiger partial charge in [-0.1, -0.05) is 6.07 Å². The van der Waals surface area contributed by atoms with Gasteiger partial charge in [0.25, 0.3) is 5.91 Å². The predicted molar refractivity (Wildman–Crippen MR) is 49.7 cm³/mol. The normalized spacial score (nSPS) is 18.1. The zero-order valence-electron chi connectivity index (χ0n) is 7.93. The van der Waals surface area contributed by atoms with E-state index in [1.165, 1.54) is 12.1 Å². The third-order valence-corrected chi connectivity index (χ3v) is 2.12. The first kappa shape index (κ1) is 8.99. The van der Waals surface area contributed by atoms with E-state index < -0.39 is 11.4 Å². The highest BCUT2D eigenvalue weighted by Crippen LogP contribution is 2.35. The molecule has 14 heavy (non-hydrogen) atoms. The first-order valence-electron chi connectivity index (χ1n) is 4.30. The molecule has 0 saturated heterocycles. The average molecular weight is 195 g/mol. The summed E-state index contributed by atoms with van der Waals surface area (Å²) in [5, 5.41) is 2.59. The lowest BCUT2D eigenvalue weighted by atomic mass is 10.1. The maximum Gasteiger partial charge on any atom is 0.268 e. The van der Waals surface area contributed by atoms with Crippen molar-refractivity contribution in [3.8, 4) is 5.75 Å². The van der Waals surface area contributed by atoms with Crippen molar-refractivity contribution in [3.63, 3.8) is 0 Å². The van der Waals surface area contributed by atoms with Crippen molar-refractivity contribution >= 4 is 11.6 Å². The molecule has 1 aliphatic heterocycles. The van der Waals surface area contributed by atoms with Crippen LogP contribution in [0.15, 0.2) is 18.2 Å². The first-order valence-corrected chi connectivity index (χ1v) is 4.30. The second-order valence-electron chi connectivity index (χ2n) is 3.68.